The van der Waals surface area contributed by atoms with Gasteiger partial charge in [-0.2, -0.15) is 11.8 Å². The number of aliphatic imine (C=N–C) groups is 1. The molecule has 1 rings (SSSR count). The van der Waals surface area contributed by atoms with Crippen LogP contribution in [-0.2, 0) is 4.79 Å². The van der Waals surface area contributed by atoms with E-state index in [9.17, 15) is 4.79 Å². The quantitative estimate of drug-likeness (QED) is 0.226. The van der Waals surface area contributed by atoms with Crippen LogP contribution in [0.5, 0.6) is 0 Å². The average Bonchev–Trinajstić information content (AvgIpc) is 2.95. The lowest BCUT2D eigenvalue weighted by Gasteiger charge is -2.27. The summed E-state index contributed by atoms with van der Waals surface area (Å²) < 4.78 is 0. The van der Waals surface area contributed by atoms with E-state index in [1.54, 1.807) is 30.8 Å². The molecule has 1 amide bonds. The number of hydrogen-bond acceptors (Lipinski definition) is 4. The standard InChI is InChI=1S/C17H35N5OS.HI/c1-14(2)13-22-9-6-7-15(22)11-19-17(18-8-10-24-5)20-12-16(23)21(3)4;/h14-15H,6-13H2,1-5H3,(H2,18,19,20);1H/t15-;/m1./s1. The highest BCUT2D eigenvalue weighted by Crippen LogP contribution is 2.17. The fourth-order valence-electron chi connectivity index (χ4n) is 2.78. The van der Waals surface area contributed by atoms with Crippen molar-refractivity contribution in [2.45, 2.75) is 32.7 Å². The third-order valence-corrected chi connectivity index (χ3v) is 4.69. The van der Waals surface area contributed by atoms with Crippen LogP contribution in [-0.4, -0.2) is 86.5 Å². The van der Waals surface area contributed by atoms with Crippen LogP contribution in [0, 0.1) is 5.92 Å². The maximum absolute atomic E-state index is 11.8. The fourth-order valence-corrected chi connectivity index (χ4v) is 3.09. The molecular formula is C17H36IN5OS. The lowest BCUT2D eigenvalue weighted by atomic mass is 10.1. The van der Waals surface area contributed by atoms with Gasteiger partial charge in [0.2, 0.25) is 5.91 Å². The Morgan fingerprint density at radius 3 is 2.68 bits per heavy atom. The smallest absolute Gasteiger partial charge is 0.243 e. The van der Waals surface area contributed by atoms with Crippen molar-refractivity contribution in [3.05, 3.63) is 0 Å². The van der Waals surface area contributed by atoms with Gasteiger partial charge < -0.3 is 15.5 Å². The molecule has 0 spiro atoms. The van der Waals surface area contributed by atoms with Crippen LogP contribution in [0.1, 0.15) is 26.7 Å². The van der Waals surface area contributed by atoms with E-state index < -0.39 is 0 Å². The molecule has 1 aliphatic rings. The molecule has 6 nitrogen and oxygen atoms in total. The summed E-state index contributed by atoms with van der Waals surface area (Å²) in [6, 6.07) is 0.560. The number of likely N-dealkylation sites (tertiary alicyclic amines) is 1. The molecule has 2 N–H and O–H groups in total. The summed E-state index contributed by atoms with van der Waals surface area (Å²) >= 11 is 1.79. The van der Waals surface area contributed by atoms with Crippen molar-refractivity contribution in [3.8, 4) is 0 Å². The third-order valence-electron chi connectivity index (χ3n) is 4.07. The summed E-state index contributed by atoms with van der Waals surface area (Å²) in [5.41, 5.74) is 0. The predicted molar refractivity (Wildman–Crippen MR) is 120 cm³/mol. The normalized spacial score (nSPS) is 18.2. The largest absolute Gasteiger partial charge is 0.356 e. The van der Waals surface area contributed by atoms with E-state index in [4.69, 9.17) is 0 Å². The van der Waals surface area contributed by atoms with Gasteiger partial charge in [-0.05, 0) is 31.6 Å². The number of nitrogens with zero attached hydrogens (tertiary/aromatic N) is 3. The second-order valence-corrected chi connectivity index (χ2v) is 7.92. The van der Waals surface area contributed by atoms with Crippen LogP contribution < -0.4 is 10.6 Å². The van der Waals surface area contributed by atoms with Crippen molar-refractivity contribution in [3.63, 3.8) is 0 Å². The van der Waals surface area contributed by atoms with Crippen molar-refractivity contribution in [1.82, 2.24) is 20.4 Å². The number of nitrogens with one attached hydrogen (secondary N) is 2. The minimum atomic E-state index is 0. The van der Waals surface area contributed by atoms with Gasteiger partial charge in [-0.3, -0.25) is 9.69 Å². The molecule has 1 aliphatic heterocycles. The monoisotopic (exact) mass is 485 g/mol. The number of carbonyl (C=O) groups excluding carboxylic acids is 1. The Bertz CT molecular complexity index is 406. The Labute approximate surface area is 175 Å². The van der Waals surface area contributed by atoms with E-state index in [1.165, 1.54) is 19.4 Å². The summed E-state index contributed by atoms with van der Waals surface area (Å²) in [5.74, 6) is 2.47. The molecule has 0 aliphatic carbocycles. The van der Waals surface area contributed by atoms with Crippen LogP contribution in [0.2, 0.25) is 0 Å². The number of hydrogen-bond donors (Lipinski definition) is 2. The highest BCUT2D eigenvalue weighted by atomic mass is 127. The van der Waals surface area contributed by atoms with Crippen molar-refractivity contribution >= 4 is 47.6 Å². The van der Waals surface area contributed by atoms with Gasteiger partial charge in [0.15, 0.2) is 5.96 Å². The Morgan fingerprint density at radius 2 is 2.08 bits per heavy atom. The molecule has 1 saturated heterocycles. The van der Waals surface area contributed by atoms with Gasteiger partial charge in [-0.15, -0.1) is 24.0 Å². The zero-order chi connectivity index (χ0) is 17.9. The SMILES string of the molecule is CSCCNC(=NCC(=O)N(C)C)NC[C@H]1CCCN1CC(C)C.I. The number of carbonyl (C=O) groups is 1. The van der Waals surface area contributed by atoms with E-state index in [0.29, 0.717) is 12.0 Å². The van der Waals surface area contributed by atoms with Crippen LogP contribution >= 0.6 is 35.7 Å². The van der Waals surface area contributed by atoms with Gasteiger partial charge in [0, 0.05) is 45.5 Å². The van der Waals surface area contributed by atoms with Gasteiger partial charge in [0.1, 0.15) is 6.54 Å². The highest BCUT2D eigenvalue weighted by molar-refractivity contribution is 14.0. The Hall–Kier alpha value is -0.220. The molecule has 8 heteroatoms. The van der Waals surface area contributed by atoms with Crippen LogP contribution in [0.15, 0.2) is 4.99 Å². The first-order valence-corrected chi connectivity index (χ1v) is 10.3. The summed E-state index contributed by atoms with van der Waals surface area (Å²) in [5, 5.41) is 6.76. The van der Waals surface area contributed by atoms with Crippen LogP contribution in [0.3, 0.4) is 0 Å². The van der Waals surface area contributed by atoms with Gasteiger partial charge in [0.25, 0.3) is 0 Å². The minimum Gasteiger partial charge on any atom is -0.356 e. The molecule has 25 heavy (non-hydrogen) atoms. The zero-order valence-corrected chi connectivity index (χ0v) is 19.5. The second kappa shape index (κ2) is 13.9. The number of likely N-dealkylation sites (N-methyl/N-ethyl adjacent to an activating group) is 1. The van der Waals surface area contributed by atoms with E-state index >= 15 is 0 Å². The molecule has 1 heterocycles. The molecular weight excluding hydrogens is 449 g/mol. The Morgan fingerprint density at radius 1 is 1.36 bits per heavy atom. The minimum absolute atomic E-state index is 0. The van der Waals surface area contributed by atoms with E-state index in [-0.39, 0.29) is 36.4 Å². The maximum Gasteiger partial charge on any atom is 0.243 e. The average molecular weight is 485 g/mol. The van der Waals surface area contributed by atoms with Gasteiger partial charge >= 0.3 is 0 Å². The first-order valence-electron chi connectivity index (χ1n) is 8.89. The Kier molecular flexibility index (Phi) is 13.8. The van der Waals surface area contributed by atoms with E-state index in [2.05, 4.69) is 40.6 Å². The summed E-state index contributed by atoms with van der Waals surface area (Å²) in [4.78, 5) is 20.3. The van der Waals surface area contributed by atoms with Gasteiger partial charge in [-0.1, -0.05) is 13.8 Å². The molecule has 0 aromatic carbocycles. The van der Waals surface area contributed by atoms with Crippen molar-refractivity contribution in [1.29, 1.82) is 0 Å². The molecule has 0 radical (unpaired) electrons. The molecule has 0 aromatic rings. The predicted octanol–water partition coefficient (Wildman–Crippen LogP) is 1.71. The molecule has 1 fully saturated rings. The van der Waals surface area contributed by atoms with Crippen molar-refractivity contribution in [2.75, 3.05) is 58.8 Å². The Balaban J connectivity index is 0.00000576. The number of rotatable bonds is 9. The van der Waals surface area contributed by atoms with E-state index in [1.807, 2.05) is 0 Å². The summed E-state index contributed by atoms with van der Waals surface area (Å²) in [6.07, 6.45) is 4.59. The first-order chi connectivity index (χ1) is 11.4. The lowest BCUT2D eigenvalue weighted by molar-refractivity contribution is -0.127. The van der Waals surface area contributed by atoms with E-state index in [0.717, 1.165) is 31.3 Å². The molecule has 0 unspecified atom stereocenters. The number of thioether (sulfide) groups is 1. The van der Waals surface area contributed by atoms with Gasteiger partial charge in [0.05, 0.1) is 0 Å². The number of guanidine groups is 1. The van der Waals surface area contributed by atoms with Crippen molar-refractivity contribution in [2.24, 2.45) is 10.9 Å². The molecule has 0 bridgehead atoms. The number of amides is 1. The molecule has 1 atom stereocenters. The summed E-state index contributed by atoms with van der Waals surface area (Å²) in [6.45, 7) is 8.80. The molecule has 148 valence electrons. The summed E-state index contributed by atoms with van der Waals surface area (Å²) in [7, 11) is 3.52. The first kappa shape index (κ1) is 24.8. The highest BCUT2D eigenvalue weighted by Gasteiger charge is 2.24. The topological polar surface area (TPSA) is 60.0 Å². The molecule has 0 aromatic heterocycles. The number of halogens is 1. The maximum atomic E-state index is 11.8. The van der Waals surface area contributed by atoms with Crippen molar-refractivity contribution < 1.29 is 4.79 Å². The zero-order valence-electron chi connectivity index (χ0n) is 16.4. The van der Waals surface area contributed by atoms with Crippen LogP contribution in [0.4, 0.5) is 0 Å². The van der Waals surface area contributed by atoms with Gasteiger partial charge in [-0.25, -0.2) is 4.99 Å². The third kappa shape index (κ3) is 10.5. The second-order valence-electron chi connectivity index (χ2n) is 6.94. The lowest BCUT2D eigenvalue weighted by Crippen LogP contribution is -2.46. The fraction of sp³-hybridized carbons (Fsp3) is 0.882. The van der Waals surface area contributed by atoms with Crippen LogP contribution in [0.25, 0.3) is 0 Å². The molecule has 0 saturated carbocycles.